The van der Waals surface area contributed by atoms with E-state index in [9.17, 15) is 4.79 Å². The Labute approximate surface area is 147 Å². The van der Waals surface area contributed by atoms with E-state index in [1.165, 1.54) is 18.9 Å². The first-order chi connectivity index (χ1) is 12.2. The van der Waals surface area contributed by atoms with Crippen LogP contribution >= 0.6 is 0 Å². The summed E-state index contributed by atoms with van der Waals surface area (Å²) in [6.45, 7) is 3.57. The van der Waals surface area contributed by atoms with Crippen molar-refractivity contribution < 1.29 is 9.21 Å². The number of amides is 1. The number of rotatable bonds is 5. The molecule has 2 aromatic rings. The van der Waals surface area contributed by atoms with Gasteiger partial charge >= 0.3 is 0 Å². The molecule has 1 fully saturated rings. The molecule has 0 saturated heterocycles. The Bertz CT molecular complexity index is 789. The van der Waals surface area contributed by atoms with Crippen LogP contribution in [0.25, 0.3) is 6.08 Å². The third kappa shape index (κ3) is 3.67. The second kappa shape index (κ2) is 6.86. The molecule has 1 amide bonds. The summed E-state index contributed by atoms with van der Waals surface area (Å²) in [6, 6.07) is 3.93. The topological polar surface area (TPSA) is 73.0 Å². The van der Waals surface area contributed by atoms with Gasteiger partial charge in [0.2, 0.25) is 5.91 Å². The van der Waals surface area contributed by atoms with E-state index in [-0.39, 0.29) is 5.91 Å². The van der Waals surface area contributed by atoms with Crippen molar-refractivity contribution in [3.63, 3.8) is 0 Å². The second-order valence-electron chi connectivity index (χ2n) is 7.11. The van der Waals surface area contributed by atoms with Gasteiger partial charge in [0.25, 0.3) is 0 Å². The van der Waals surface area contributed by atoms with Gasteiger partial charge in [0, 0.05) is 25.0 Å². The van der Waals surface area contributed by atoms with Crippen molar-refractivity contribution in [3.05, 3.63) is 41.4 Å². The Kier molecular flexibility index (Phi) is 4.42. The van der Waals surface area contributed by atoms with Crippen LogP contribution in [0.5, 0.6) is 0 Å². The molecule has 2 aromatic heterocycles. The minimum Gasteiger partial charge on any atom is -0.461 e. The lowest BCUT2D eigenvalue weighted by Gasteiger charge is -2.06. The van der Waals surface area contributed by atoms with Gasteiger partial charge in [-0.25, -0.2) is 0 Å². The molecule has 6 heteroatoms. The maximum atomic E-state index is 12.1. The summed E-state index contributed by atoms with van der Waals surface area (Å²) in [6.07, 6.45) is 8.93. The zero-order valence-corrected chi connectivity index (χ0v) is 14.6. The number of carbonyl (C=O) groups is 1. The van der Waals surface area contributed by atoms with Gasteiger partial charge in [-0.15, -0.1) is 10.2 Å². The molecule has 6 nitrogen and oxygen atoms in total. The molecule has 3 heterocycles. The van der Waals surface area contributed by atoms with E-state index in [1.54, 1.807) is 6.08 Å². The SMILES string of the molecule is CC1CC1c1ccc(/C=C/C(=O)NCc2nnc3n2CCCCC3)o1. The number of furan rings is 1. The largest absolute Gasteiger partial charge is 0.461 e. The van der Waals surface area contributed by atoms with Crippen LogP contribution in [0.4, 0.5) is 0 Å². The van der Waals surface area contributed by atoms with Gasteiger partial charge in [0.05, 0.1) is 6.54 Å². The molecule has 2 atom stereocenters. The number of fused-ring (bicyclic) bond motifs is 1. The summed E-state index contributed by atoms with van der Waals surface area (Å²) in [5.74, 6) is 4.74. The molecular formula is C19H24N4O2. The van der Waals surface area contributed by atoms with Crippen molar-refractivity contribution in [2.24, 2.45) is 5.92 Å². The third-order valence-corrected chi connectivity index (χ3v) is 5.13. The molecule has 1 N–H and O–H groups in total. The smallest absolute Gasteiger partial charge is 0.244 e. The van der Waals surface area contributed by atoms with Crippen LogP contribution in [0.15, 0.2) is 22.6 Å². The fraction of sp³-hybridized carbons (Fsp3) is 0.526. The summed E-state index contributed by atoms with van der Waals surface area (Å²) >= 11 is 0. The Hall–Kier alpha value is -2.37. The van der Waals surface area contributed by atoms with Crippen molar-refractivity contribution in [2.45, 2.75) is 58.0 Å². The van der Waals surface area contributed by atoms with E-state index in [2.05, 4.69) is 27.0 Å². The van der Waals surface area contributed by atoms with Crippen molar-refractivity contribution in [3.8, 4) is 0 Å². The van der Waals surface area contributed by atoms with E-state index >= 15 is 0 Å². The molecule has 1 saturated carbocycles. The van der Waals surface area contributed by atoms with Gasteiger partial charge in [0.1, 0.15) is 17.3 Å². The van der Waals surface area contributed by atoms with Crippen LogP contribution in [0.3, 0.4) is 0 Å². The predicted molar refractivity (Wildman–Crippen MR) is 93.7 cm³/mol. The van der Waals surface area contributed by atoms with E-state index < -0.39 is 0 Å². The van der Waals surface area contributed by atoms with Crippen LogP contribution in [0.2, 0.25) is 0 Å². The first-order valence-corrected chi connectivity index (χ1v) is 9.17. The fourth-order valence-corrected chi connectivity index (χ4v) is 3.43. The van der Waals surface area contributed by atoms with Gasteiger partial charge in [-0.2, -0.15) is 0 Å². The zero-order chi connectivity index (χ0) is 17.2. The van der Waals surface area contributed by atoms with Crippen LogP contribution in [-0.2, 0) is 24.3 Å². The van der Waals surface area contributed by atoms with Crippen molar-refractivity contribution in [1.29, 1.82) is 0 Å². The Morgan fingerprint density at radius 3 is 3.08 bits per heavy atom. The molecular weight excluding hydrogens is 316 g/mol. The molecule has 0 radical (unpaired) electrons. The molecule has 1 aliphatic carbocycles. The summed E-state index contributed by atoms with van der Waals surface area (Å²) in [4.78, 5) is 12.1. The molecule has 0 spiro atoms. The maximum Gasteiger partial charge on any atom is 0.244 e. The van der Waals surface area contributed by atoms with Gasteiger partial charge < -0.3 is 14.3 Å². The fourth-order valence-electron chi connectivity index (χ4n) is 3.43. The highest BCUT2D eigenvalue weighted by Gasteiger charge is 2.36. The zero-order valence-electron chi connectivity index (χ0n) is 14.6. The summed E-state index contributed by atoms with van der Waals surface area (Å²) in [5.41, 5.74) is 0. The summed E-state index contributed by atoms with van der Waals surface area (Å²) < 4.78 is 7.92. The van der Waals surface area contributed by atoms with E-state index in [1.807, 2.05) is 12.1 Å². The summed E-state index contributed by atoms with van der Waals surface area (Å²) in [7, 11) is 0. The number of aryl methyl sites for hydroxylation is 1. The Morgan fingerprint density at radius 2 is 2.24 bits per heavy atom. The molecule has 132 valence electrons. The first kappa shape index (κ1) is 16.1. The maximum absolute atomic E-state index is 12.1. The molecule has 2 unspecified atom stereocenters. The minimum atomic E-state index is -0.149. The van der Waals surface area contributed by atoms with E-state index in [0.717, 1.165) is 49.0 Å². The highest BCUT2D eigenvalue weighted by Crippen LogP contribution is 2.47. The predicted octanol–water partition coefficient (Wildman–Crippen LogP) is 3.05. The van der Waals surface area contributed by atoms with Gasteiger partial charge in [-0.1, -0.05) is 13.3 Å². The highest BCUT2D eigenvalue weighted by molar-refractivity contribution is 5.91. The van der Waals surface area contributed by atoms with Crippen molar-refractivity contribution in [2.75, 3.05) is 0 Å². The highest BCUT2D eigenvalue weighted by atomic mass is 16.3. The number of hydrogen-bond acceptors (Lipinski definition) is 4. The normalized spacial score (nSPS) is 22.6. The standard InChI is InChI=1S/C19H24N4O2/c1-13-11-15(13)16-8-6-14(25-16)7-9-19(24)20-12-18-22-21-17-5-3-2-4-10-23(17)18/h6-9,13,15H,2-5,10-12H2,1H3,(H,20,24)/b9-7+. The third-order valence-electron chi connectivity index (χ3n) is 5.13. The van der Waals surface area contributed by atoms with Gasteiger partial charge in [-0.3, -0.25) is 4.79 Å². The lowest BCUT2D eigenvalue weighted by molar-refractivity contribution is -0.116. The minimum absolute atomic E-state index is 0.149. The molecule has 0 bridgehead atoms. The number of carbonyl (C=O) groups excluding carboxylic acids is 1. The average molecular weight is 340 g/mol. The molecule has 1 aliphatic heterocycles. The van der Waals surface area contributed by atoms with Crippen LogP contribution in [0, 0.1) is 5.92 Å². The molecule has 0 aromatic carbocycles. The quantitative estimate of drug-likeness (QED) is 0.849. The number of aromatic nitrogens is 3. The first-order valence-electron chi connectivity index (χ1n) is 9.17. The van der Waals surface area contributed by atoms with E-state index in [4.69, 9.17) is 4.42 Å². The van der Waals surface area contributed by atoms with Crippen LogP contribution < -0.4 is 5.32 Å². The monoisotopic (exact) mass is 340 g/mol. The second-order valence-corrected chi connectivity index (χ2v) is 7.11. The number of hydrogen-bond donors (Lipinski definition) is 1. The van der Waals surface area contributed by atoms with Gasteiger partial charge in [-0.05, 0) is 43.4 Å². The number of nitrogens with zero attached hydrogens (tertiary/aromatic N) is 3. The number of nitrogens with one attached hydrogen (secondary N) is 1. The molecule has 4 rings (SSSR count). The van der Waals surface area contributed by atoms with Gasteiger partial charge in [0.15, 0.2) is 5.82 Å². The Balaban J connectivity index is 1.32. The summed E-state index contributed by atoms with van der Waals surface area (Å²) in [5, 5.41) is 11.4. The lowest BCUT2D eigenvalue weighted by Crippen LogP contribution is -2.23. The van der Waals surface area contributed by atoms with Crippen LogP contribution in [0.1, 0.15) is 61.7 Å². The average Bonchev–Trinajstić information content (AvgIpc) is 3.06. The lowest BCUT2D eigenvalue weighted by atomic mass is 10.2. The van der Waals surface area contributed by atoms with Crippen molar-refractivity contribution in [1.82, 2.24) is 20.1 Å². The molecule has 2 aliphatic rings. The Morgan fingerprint density at radius 1 is 1.36 bits per heavy atom. The van der Waals surface area contributed by atoms with Crippen LogP contribution in [-0.4, -0.2) is 20.7 Å². The van der Waals surface area contributed by atoms with E-state index in [0.29, 0.717) is 18.4 Å². The molecule has 25 heavy (non-hydrogen) atoms. The van der Waals surface area contributed by atoms with Crippen molar-refractivity contribution >= 4 is 12.0 Å².